The van der Waals surface area contributed by atoms with Gasteiger partial charge in [0.05, 0.1) is 6.07 Å². The van der Waals surface area contributed by atoms with E-state index in [0.717, 1.165) is 17.3 Å². The van der Waals surface area contributed by atoms with Crippen molar-refractivity contribution >= 4 is 15.9 Å². The number of halogens is 1. The topological polar surface area (TPSA) is 84.6 Å². The van der Waals surface area contributed by atoms with Gasteiger partial charge in [-0.2, -0.15) is 5.26 Å². The Morgan fingerprint density at radius 1 is 1.53 bits per heavy atom. The first-order valence-electron chi connectivity index (χ1n) is 6.13. The second-order valence-corrected chi connectivity index (χ2v) is 5.58. The van der Waals surface area contributed by atoms with Crippen LogP contribution < -0.4 is 5.32 Å². The first kappa shape index (κ1) is 13.9. The van der Waals surface area contributed by atoms with E-state index < -0.39 is 5.54 Å². The van der Waals surface area contributed by atoms with Crippen LogP contribution in [-0.4, -0.2) is 18.6 Å². The zero-order valence-corrected chi connectivity index (χ0v) is 12.0. The summed E-state index contributed by atoms with van der Waals surface area (Å²) in [4.78, 5) is 2.71. The second kappa shape index (κ2) is 6.07. The van der Waals surface area contributed by atoms with Crippen molar-refractivity contribution in [3.63, 3.8) is 0 Å². The summed E-state index contributed by atoms with van der Waals surface area (Å²) in [6.45, 7) is 0.899. The minimum atomic E-state index is -0.536. The van der Waals surface area contributed by atoms with Crippen molar-refractivity contribution in [2.24, 2.45) is 5.11 Å². The first-order valence-corrected chi connectivity index (χ1v) is 6.93. The number of fused-ring (bicyclic) bond motifs is 1. The van der Waals surface area contributed by atoms with Crippen LogP contribution in [0.4, 0.5) is 0 Å². The highest BCUT2D eigenvalue weighted by atomic mass is 79.9. The highest BCUT2D eigenvalue weighted by Crippen LogP contribution is 2.30. The second-order valence-electron chi connectivity index (χ2n) is 4.66. The summed E-state index contributed by atoms with van der Waals surface area (Å²) in [7, 11) is 0. The molecule has 2 rings (SSSR count). The lowest BCUT2D eigenvalue weighted by Gasteiger charge is -2.33. The van der Waals surface area contributed by atoms with Gasteiger partial charge in [-0.15, -0.1) is 0 Å². The maximum Gasteiger partial charge on any atom is 0.111 e. The number of nitrogens with one attached hydrogen (secondary N) is 1. The van der Waals surface area contributed by atoms with Crippen LogP contribution in [0.5, 0.6) is 0 Å². The van der Waals surface area contributed by atoms with Crippen molar-refractivity contribution in [2.75, 3.05) is 13.1 Å². The standard InChI is InChI=1S/C13H14BrN5/c14-12-2-1-11-8-13(9-15,4-3-10(11)7-12)17-5-6-18-19-16/h1-2,7,17H,3-6,8H2. The van der Waals surface area contributed by atoms with E-state index in [-0.39, 0.29) is 0 Å². The van der Waals surface area contributed by atoms with Crippen LogP contribution in [-0.2, 0) is 12.8 Å². The molecule has 1 atom stereocenters. The Hall–Kier alpha value is -1.54. The zero-order chi connectivity index (χ0) is 13.7. The van der Waals surface area contributed by atoms with Crippen LogP contribution >= 0.6 is 15.9 Å². The summed E-state index contributed by atoms with van der Waals surface area (Å²) in [6, 6.07) is 8.59. The third kappa shape index (κ3) is 3.27. The third-order valence-corrected chi connectivity index (χ3v) is 3.93. The molecule has 1 aromatic carbocycles. The van der Waals surface area contributed by atoms with Crippen molar-refractivity contribution in [1.29, 1.82) is 5.26 Å². The average Bonchev–Trinajstić information content (AvgIpc) is 2.44. The molecule has 1 aliphatic carbocycles. The van der Waals surface area contributed by atoms with E-state index in [2.05, 4.69) is 49.5 Å². The number of hydrogen-bond donors (Lipinski definition) is 1. The fraction of sp³-hybridized carbons (Fsp3) is 0.462. The monoisotopic (exact) mass is 319 g/mol. The summed E-state index contributed by atoms with van der Waals surface area (Å²) >= 11 is 3.47. The zero-order valence-electron chi connectivity index (χ0n) is 10.4. The molecule has 0 bridgehead atoms. The predicted octanol–water partition coefficient (Wildman–Crippen LogP) is 3.10. The molecule has 0 amide bonds. The first-order chi connectivity index (χ1) is 9.19. The quantitative estimate of drug-likeness (QED) is 0.400. The van der Waals surface area contributed by atoms with Crippen molar-refractivity contribution in [2.45, 2.75) is 24.8 Å². The lowest BCUT2D eigenvalue weighted by molar-refractivity contribution is 0.370. The normalized spacial score (nSPS) is 21.1. The molecule has 0 spiro atoms. The van der Waals surface area contributed by atoms with Crippen molar-refractivity contribution in [3.05, 3.63) is 44.2 Å². The van der Waals surface area contributed by atoms with Gasteiger partial charge in [-0.1, -0.05) is 27.1 Å². The van der Waals surface area contributed by atoms with Gasteiger partial charge < -0.3 is 0 Å². The lowest BCUT2D eigenvalue weighted by Crippen LogP contribution is -2.49. The van der Waals surface area contributed by atoms with Crippen molar-refractivity contribution in [3.8, 4) is 6.07 Å². The van der Waals surface area contributed by atoms with Gasteiger partial charge in [0, 0.05) is 28.9 Å². The van der Waals surface area contributed by atoms with Gasteiger partial charge in [0.15, 0.2) is 0 Å². The van der Waals surface area contributed by atoms with Crippen LogP contribution in [0, 0.1) is 11.3 Å². The Balaban J connectivity index is 2.10. The molecule has 6 heteroatoms. The molecule has 0 radical (unpaired) electrons. The molecule has 1 unspecified atom stereocenters. The van der Waals surface area contributed by atoms with E-state index in [1.165, 1.54) is 11.1 Å². The Labute approximate surface area is 120 Å². The van der Waals surface area contributed by atoms with E-state index >= 15 is 0 Å². The molecular weight excluding hydrogens is 306 g/mol. The molecule has 19 heavy (non-hydrogen) atoms. The minimum Gasteiger partial charge on any atom is -0.299 e. The number of azide groups is 1. The molecule has 1 aliphatic rings. The fourth-order valence-electron chi connectivity index (χ4n) is 2.44. The minimum absolute atomic E-state index is 0.368. The number of aryl methyl sites for hydroxylation is 1. The Bertz CT molecular complexity index is 559. The smallest absolute Gasteiger partial charge is 0.111 e. The molecule has 98 valence electrons. The van der Waals surface area contributed by atoms with Crippen molar-refractivity contribution in [1.82, 2.24) is 5.32 Å². The van der Waals surface area contributed by atoms with Crippen LogP contribution in [0.2, 0.25) is 0 Å². The Morgan fingerprint density at radius 2 is 2.37 bits per heavy atom. The molecular formula is C13H14BrN5. The van der Waals surface area contributed by atoms with Crippen LogP contribution in [0.15, 0.2) is 27.8 Å². The molecule has 5 nitrogen and oxygen atoms in total. The third-order valence-electron chi connectivity index (χ3n) is 3.43. The molecule has 0 heterocycles. The average molecular weight is 320 g/mol. The number of nitrogens with zero attached hydrogens (tertiary/aromatic N) is 4. The lowest BCUT2D eigenvalue weighted by atomic mass is 9.79. The van der Waals surface area contributed by atoms with Gasteiger partial charge in [0.1, 0.15) is 5.54 Å². The maximum absolute atomic E-state index is 9.45. The number of rotatable bonds is 4. The Morgan fingerprint density at radius 3 is 3.11 bits per heavy atom. The molecule has 0 saturated heterocycles. The highest BCUT2D eigenvalue weighted by Gasteiger charge is 2.33. The van der Waals surface area contributed by atoms with E-state index in [9.17, 15) is 5.26 Å². The van der Waals surface area contributed by atoms with E-state index in [1.54, 1.807) is 0 Å². The van der Waals surface area contributed by atoms with E-state index in [0.29, 0.717) is 19.5 Å². The molecule has 0 aliphatic heterocycles. The number of nitriles is 1. The van der Waals surface area contributed by atoms with E-state index in [4.69, 9.17) is 5.53 Å². The molecule has 1 N–H and O–H groups in total. The van der Waals surface area contributed by atoms with Crippen LogP contribution in [0.1, 0.15) is 17.5 Å². The van der Waals surface area contributed by atoms with Gasteiger partial charge in [-0.05, 0) is 41.6 Å². The molecule has 0 saturated carbocycles. The summed E-state index contributed by atoms with van der Waals surface area (Å²) in [5, 5.41) is 16.2. The van der Waals surface area contributed by atoms with Gasteiger partial charge in [0.2, 0.25) is 0 Å². The summed E-state index contributed by atoms with van der Waals surface area (Å²) < 4.78 is 1.08. The predicted molar refractivity (Wildman–Crippen MR) is 76.5 cm³/mol. The highest BCUT2D eigenvalue weighted by molar-refractivity contribution is 9.10. The summed E-state index contributed by atoms with van der Waals surface area (Å²) in [5.74, 6) is 0. The molecule has 0 fully saturated rings. The molecule has 0 aromatic heterocycles. The van der Waals surface area contributed by atoms with Crippen LogP contribution in [0.3, 0.4) is 0 Å². The Kier molecular flexibility index (Phi) is 4.43. The molecule has 1 aromatic rings. The van der Waals surface area contributed by atoms with Crippen molar-refractivity contribution < 1.29 is 0 Å². The largest absolute Gasteiger partial charge is 0.299 e. The van der Waals surface area contributed by atoms with E-state index in [1.807, 2.05) is 6.07 Å². The van der Waals surface area contributed by atoms with Gasteiger partial charge in [-0.25, -0.2) is 0 Å². The number of hydrogen-bond acceptors (Lipinski definition) is 3. The van der Waals surface area contributed by atoms with Gasteiger partial charge >= 0.3 is 0 Å². The SMILES string of the molecule is N#CC1(NCCN=[N+]=[N-])CCc2cc(Br)ccc2C1. The number of benzene rings is 1. The summed E-state index contributed by atoms with van der Waals surface area (Å²) in [5.41, 5.74) is 10.2. The van der Waals surface area contributed by atoms with Crippen LogP contribution in [0.25, 0.3) is 10.4 Å². The summed E-state index contributed by atoms with van der Waals surface area (Å²) in [6.07, 6.45) is 2.36. The van der Waals surface area contributed by atoms with Gasteiger partial charge in [-0.3, -0.25) is 5.32 Å². The maximum atomic E-state index is 9.45. The van der Waals surface area contributed by atoms with Gasteiger partial charge in [0.25, 0.3) is 0 Å². The fourth-order valence-corrected chi connectivity index (χ4v) is 2.85.